The second kappa shape index (κ2) is 6.95. The van der Waals surface area contributed by atoms with Gasteiger partial charge in [0, 0.05) is 31.0 Å². The largest absolute Gasteiger partial charge is 0.494 e. The molecule has 0 amide bonds. The molecule has 1 heterocycles. The third-order valence-electron chi connectivity index (χ3n) is 7.96. The van der Waals surface area contributed by atoms with E-state index in [1.165, 1.54) is 24.8 Å². The first kappa shape index (κ1) is 20.6. The van der Waals surface area contributed by atoms with Crippen LogP contribution in [-0.4, -0.2) is 31.3 Å². The Morgan fingerprint density at radius 1 is 1.10 bits per heavy atom. The van der Waals surface area contributed by atoms with Crippen molar-refractivity contribution in [1.82, 2.24) is 0 Å². The summed E-state index contributed by atoms with van der Waals surface area (Å²) in [6, 6.07) is 2.14. The lowest BCUT2D eigenvalue weighted by molar-refractivity contribution is 0.0504. The van der Waals surface area contributed by atoms with Crippen LogP contribution in [0.25, 0.3) is 11.0 Å². The van der Waals surface area contributed by atoms with E-state index in [2.05, 4.69) is 44.4 Å². The molecule has 0 aliphatic heterocycles. The molecule has 5 nitrogen and oxygen atoms in total. The lowest BCUT2D eigenvalue weighted by Gasteiger charge is -2.50. The van der Waals surface area contributed by atoms with E-state index in [0.29, 0.717) is 28.6 Å². The average molecular weight is 398 g/mol. The first-order valence-corrected chi connectivity index (χ1v) is 11.0. The number of rotatable bonds is 3. The highest BCUT2D eigenvalue weighted by Gasteiger charge is 2.51. The summed E-state index contributed by atoms with van der Waals surface area (Å²) < 4.78 is 6.51. The molecule has 158 valence electrons. The van der Waals surface area contributed by atoms with E-state index >= 15 is 0 Å². The molecular formula is C23H35BN2O3. The number of anilines is 2. The van der Waals surface area contributed by atoms with Crippen molar-refractivity contribution < 1.29 is 14.5 Å². The molecule has 2 aliphatic carbocycles. The van der Waals surface area contributed by atoms with Crippen LogP contribution in [0.15, 0.2) is 10.5 Å². The molecule has 0 spiro atoms. The first-order chi connectivity index (χ1) is 13.7. The van der Waals surface area contributed by atoms with Gasteiger partial charge in [0.25, 0.3) is 0 Å². The van der Waals surface area contributed by atoms with Crippen LogP contribution >= 0.6 is 0 Å². The van der Waals surface area contributed by atoms with Crippen LogP contribution in [0, 0.1) is 11.3 Å². The van der Waals surface area contributed by atoms with Crippen molar-refractivity contribution in [1.29, 1.82) is 0 Å². The third-order valence-corrected chi connectivity index (χ3v) is 7.96. The molecule has 3 atom stereocenters. The van der Waals surface area contributed by atoms with Gasteiger partial charge in [0.05, 0.1) is 16.8 Å². The average Bonchev–Trinajstić information content (AvgIpc) is 2.99. The molecule has 2 aromatic rings. The van der Waals surface area contributed by atoms with Gasteiger partial charge in [0.2, 0.25) is 0 Å². The molecule has 0 radical (unpaired) electrons. The van der Waals surface area contributed by atoms with Crippen molar-refractivity contribution in [2.45, 2.75) is 71.1 Å². The van der Waals surface area contributed by atoms with E-state index in [1.807, 2.05) is 7.05 Å². The Balaban J connectivity index is 2.09. The van der Waals surface area contributed by atoms with Gasteiger partial charge >= 0.3 is 7.12 Å². The Hall–Kier alpha value is -1.66. The van der Waals surface area contributed by atoms with Crippen LogP contribution in [0.5, 0.6) is 0 Å². The molecule has 4 rings (SSSR count). The van der Waals surface area contributed by atoms with Gasteiger partial charge in [-0.3, -0.25) is 0 Å². The van der Waals surface area contributed by atoms with Crippen molar-refractivity contribution >= 4 is 34.9 Å². The van der Waals surface area contributed by atoms with Crippen LogP contribution in [0.1, 0.15) is 77.0 Å². The minimum atomic E-state index is -1.61. The molecule has 0 bridgehead atoms. The minimum Gasteiger partial charge on any atom is -0.461 e. The number of furan rings is 1. The molecule has 2 aliphatic rings. The van der Waals surface area contributed by atoms with Crippen LogP contribution in [0.4, 0.5) is 11.4 Å². The van der Waals surface area contributed by atoms with Gasteiger partial charge in [-0.15, -0.1) is 0 Å². The van der Waals surface area contributed by atoms with Crippen molar-refractivity contribution in [3.63, 3.8) is 0 Å². The summed E-state index contributed by atoms with van der Waals surface area (Å²) in [6.45, 7) is 9.52. The van der Waals surface area contributed by atoms with Gasteiger partial charge in [-0.1, -0.05) is 34.1 Å². The van der Waals surface area contributed by atoms with Crippen molar-refractivity contribution in [2.75, 3.05) is 24.7 Å². The summed E-state index contributed by atoms with van der Waals surface area (Å²) in [5.41, 5.74) is 4.19. The van der Waals surface area contributed by atoms with Crippen LogP contribution in [-0.2, 0) is 5.41 Å². The Labute approximate surface area is 174 Å². The molecular weight excluding hydrogens is 363 g/mol. The molecule has 1 aromatic carbocycles. The zero-order valence-corrected chi connectivity index (χ0v) is 18.6. The van der Waals surface area contributed by atoms with E-state index in [1.54, 1.807) is 7.05 Å². The monoisotopic (exact) mass is 398 g/mol. The lowest BCUT2D eigenvalue weighted by Crippen LogP contribution is -2.44. The van der Waals surface area contributed by atoms with Crippen molar-refractivity contribution in [3.8, 4) is 0 Å². The van der Waals surface area contributed by atoms with Crippen molar-refractivity contribution in [2.24, 2.45) is 11.3 Å². The maximum atomic E-state index is 10.2. The number of hydrogen-bond donors (Lipinski definition) is 4. The molecule has 0 saturated heterocycles. The predicted octanol–water partition coefficient (Wildman–Crippen LogP) is 4.18. The molecule has 29 heavy (non-hydrogen) atoms. The summed E-state index contributed by atoms with van der Waals surface area (Å²) in [5, 5.41) is 27.9. The molecule has 1 aromatic heterocycles. The molecule has 1 saturated carbocycles. The van der Waals surface area contributed by atoms with Gasteiger partial charge in [-0.25, -0.2) is 0 Å². The third kappa shape index (κ3) is 2.90. The summed E-state index contributed by atoms with van der Waals surface area (Å²) in [7, 11) is 2.06. The first-order valence-electron chi connectivity index (χ1n) is 11.0. The topological polar surface area (TPSA) is 77.7 Å². The van der Waals surface area contributed by atoms with Gasteiger partial charge < -0.3 is 25.1 Å². The fraction of sp³-hybridized carbons (Fsp3) is 0.652. The summed E-state index contributed by atoms with van der Waals surface area (Å²) in [4.78, 5) is 0. The van der Waals surface area contributed by atoms with Gasteiger partial charge in [0.15, 0.2) is 0 Å². The second-order valence-corrected chi connectivity index (χ2v) is 10.1. The van der Waals surface area contributed by atoms with Crippen LogP contribution < -0.4 is 16.1 Å². The SMILES string of the molecule is CNc1cc2c3c(oc2c(B(O)O)c1NC)C(C)CC[C@@H]1C(C)(C)CCC[C@@]31C. The molecule has 1 fully saturated rings. The molecule has 1 unspecified atom stereocenters. The summed E-state index contributed by atoms with van der Waals surface area (Å²) >= 11 is 0. The highest BCUT2D eigenvalue weighted by Crippen LogP contribution is 2.59. The maximum Gasteiger partial charge on any atom is 0.494 e. The van der Waals surface area contributed by atoms with Gasteiger partial charge in [0.1, 0.15) is 11.3 Å². The fourth-order valence-corrected chi connectivity index (χ4v) is 6.60. The minimum absolute atomic E-state index is 0.0247. The normalized spacial score (nSPS) is 28.4. The number of benzene rings is 1. The van der Waals surface area contributed by atoms with E-state index in [9.17, 15) is 10.0 Å². The zero-order valence-electron chi connectivity index (χ0n) is 18.6. The van der Waals surface area contributed by atoms with E-state index in [0.717, 1.165) is 29.7 Å². The standard InChI is InChI=1S/C23H35BN2O3/c1-13-8-9-16-22(2,3)10-7-11-23(16,4)17-14-12-15(25-5)19(26-6)18(24(27)28)21(14)29-20(13)17/h12-13,16,25-28H,7-11H2,1-6H3/t13?,16-,23-/m1/s1. The van der Waals surface area contributed by atoms with Crippen molar-refractivity contribution in [3.05, 3.63) is 17.4 Å². The Bertz CT molecular complexity index is 936. The maximum absolute atomic E-state index is 10.2. The fourth-order valence-electron chi connectivity index (χ4n) is 6.60. The highest BCUT2D eigenvalue weighted by atomic mass is 16.4. The molecule has 6 heteroatoms. The van der Waals surface area contributed by atoms with Gasteiger partial charge in [-0.2, -0.15) is 0 Å². The lowest BCUT2D eigenvalue weighted by atomic mass is 9.53. The zero-order chi connectivity index (χ0) is 21.1. The Kier molecular flexibility index (Phi) is 4.94. The van der Waals surface area contributed by atoms with Crippen LogP contribution in [0.2, 0.25) is 0 Å². The predicted molar refractivity (Wildman–Crippen MR) is 121 cm³/mol. The number of nitrogens with one attached hydrogen (secondary N) is 2. The van der Waals surface area contributed by atoms with E-state index in [4.69, 9.17) is 4.42 Å². The van der Waals surface area contributed by atoms with Gasteiger partial charge in [-0.05, 0) is 48.5 Å². The second-order valence-electron chi connectivity index (χ2n) is 10.1. The highest BCUT2D eigenvalue weighted by molar-refractivity contribution is 6.64. The Morgan fingerprint density at radius 2 is 1.83 bits per heavy atom. The van der Waals surface area contributed by atoms with Crippen LogP contribution in [0.3, 0.4) is 0 Å². The van der Waals surface area contributed by atoms with E-state index in [-0.39, 0.29) is 10.8 Å². The Morgan fingerprint density at radius 3 is 2.45 bits per heavy atom. The summed E-state index contributed by atoms with van der Waals surface area (Å²) in [6.07, 6.45) is 5.93. The molecule has 4 N–H and O–H groups in total. The number of hydrogen-bond acceptors (Lipinski definition) is 5. The quantitative estimate of drug-likeness (QED) is 0.584. The smallest absolute Gasteiger partial charge is 0.461 e. The van der Waals surface area contributed by atoms with E-state index < -0.39 is 7.12 Å². The number of fused-ring (bicyclic) bond motifs is 5. The summed E-state index contributed by atoms with van der Waals surface area (Å²) in [5.74, 6) is 1.94.